The summed E-state index contributed by atoms with van der Waals surface area (Å²) in [6.07, 6.45) is 0. The molecule has 2 amide bonds. The van der Waals surface area contributed by atoms with Gasteiger partial charge in [-0.25, -0.2) is 4.39 Å². The van der Waals surface area contributed by atoms with E-state index in [4.69, 9.17) is 0 Å². The summed E-state index contributed by atoms with van der Waals surface area (Å²) < 4.78 is 13.4. The Hall–Kier alpha value is -2.78. The van der Waals surface area contributed by atoms with E-state index >= 15 is 0 Å². The Labute approximate surface area is 163 Å². The number of halogens is 1. The van der Waals surface area contributed by atoms with Crippen molar-refractivity contribution in [2.45, 2.75) is 10.9 Å². The predicted octanol–water partition coefficient (Wildman–Crippen LogP) is 3.34. The number of aromatic nitrogens is 2. The molecule has 0 fully saturated rings. The van der Waals surface area contributed by atoms with Crippen LogP contribution < -0.4 is 10.6 Å². The van der Waals surface area contributed by atoms with Gasteiger partial charge >= 0.3 is 0 Å². The number of thioether (sulfide) groups is 1. The number of amides is 2. The molecule has 1 aromatic heterocycles. The van der Waals surface area contributed by atoms with Gasteiger partial charge in [-0.2, -0.15) is 0 Å². The molecule has 9 heteroatoms. The molecule has 27 heavy (non-hydrogen) atoms. The minimum Gasteiger partial charge on any atom is -0.351 e. The van der Waals surface area contributed by atoms with Crippen LogP contribution in [0.25, 0.3) is 0 Å². The summed E-state index contributed by atoms with van der Waals surface area (Å²) in [6.45, 7) is 0.328. The van der Waals surface area contributed by atoms with E-state index in [1.54, 1.807) is 36.4 Å². The van der Waals surface area contributed by atoms with Crippen molar-refractivity contribution in [3.63, 3.8) is 0 Å². The molecule has 0 aliphatic carbocycles. The van der Waals surface area contributed by atoms with E-state index in [1.165, 1.54) is 35.2 Å². The standard InChI is InChI=1S/C18H15FN4O2S2/c19-14-8-6-12(7-9-14)10-20-15(24)11-26-18-23-22-17(27-18)21-16(25)13-4-2-1-3-5-13/h1-9H,10-11H2,(H,20,24)(H,21,22,25). The fraction of sp³-hybridized carbons (Fsp3) is 0.111. The number of anilines is 1. The van der Waals surface area contributed by atoms with Crippen LogP contribution in [-0.2, 0) is 11.3 Å². The Balaban J connectivity index is 1.44. The second-order valence-electron chi connectivity index (χ2n) is 5.39. The van der Waals surface area contributed by atoms with Gasteiger partial charge in [-0.15, -0.1) is 10.2 Å². The van der Waals surface area contributed by atoms with Gasteiger partial charge in [0.05, 0.1) is 5.75 Å². The van der Waals surface area contributed by atoms with Gasteiger partial charge in [0.15, 0.2) is 4.34 Å². The van der Waals surface area contributed by atoms with Crippen molar-refractivity contribution in [2.24, 2.45) is 0 Å². The Morgan fingerprint density at radius 3 is 2.52 bits per heavy atom. The number of hydrogen-bond acceptors (Lipinski definition) is 6. The number of benzene rings is 2. The first-order chi connectivity index (χ1) is 13.1. The summed E-state index contributed by atoms with van der Waals surface area (Å²) in [7, 11) is 0. The molecular weight excluding hydrogens is 387 g/mol. The second-order valence-corrected chi connectivity index (χ2v) is 7.59. The fourth-order valence-corrected chi connectivity index (χ4v) is 3.64. The van der Waals surface area contributed by atoms with Crippen molar-refractivity contribution in [1.29, 1.82) is 0 Å². The van der Waals surface area contributed by atoms with Crippen molar-refractivity contribution in [2.75, 3.05) is 11.1 Å². The van der Waals surface area contributed by atoms with E-state index in [9.17, 15) is 14.0 Å². The summed E-state index contributed by atoms with van der Waals surface area (Å²) in [4.78, 5) is 24.0. The summed E-state index contributed by atoms with van der Waals surface area (Å²) in [5, 5.41) is 13.7. The van der Waals surface area contributed by atoms with Gasteiger partial charge in [0, 0.05) is 12.1 Å². The number of carbonyl (C=O) groups excluding carboxylic acids is 2. The molecule has 0 spiro atoms. The first-order valence-corrected chi connectivity index (χ1v) is 9.74. The van der Waals surface area contributed by atoms with Crippen LogP contribution in [0.2, 0.25) is 0 Å². The van der Waals surface area contributed by atoms with Crippen molar-refractivity contribution in [3.8, 4) is 0 Å². The zero-order valence-corrected chi connectivity index (χ0v) is 15.6. The molecule has 0 aliphatic heterocycles. The lowest BCUT2D eigenvalue weighted by atomic mass is 10.2. The van der Waals surface area contributed by atoms with E-state index in [-0.39, 0.29) is 23.4 Å². The lowest BCUT2D eigenvalue weighted by Gasteiger charge is -2.04. The normalized spacial score (nSPS) is 10.4. The van der Waals surface area contributed by atoms with E-state index < -0.39 is 0 Å². The Kier molecular flexibility index (Phi) is 6.50. The predicted molar refractivity (Wildman–Crippen MR) is 103 cm³/mol. The summed E-state index contributed by atoms with van der Waals surface area (Å²) in [6, 6.07) is 14.7. The van der Waals surface area contributed by atoms with Gasteiger partial charge in [0.25, 0.3) is 5.91 Å². The van der Waals surface area contributed by atoms with Gasteiger partial charge < -0.3 is 5.32 Å². The molecule has 2 aromatic carbocycles. The molecule has 3 aromatic rings. The first kappa shape index (κ1) is 19.0. The van der Waals surface area contributed by atoms with Crippen LogP contribution in [0.15, 0.2) is 58.9 Å². The van der Waals surface area contributed by atoms with Gasteiger partial charge in [0.2, 0.25) is 11.0 Å². The smallest absolute Gasteiger partial charge is 0.257 e. The maximum absolute atomic E-state index is 12.8. The van der Waals surface area contributed by atoms with Crippen LogP contribution in [-0.4, -0.2) is 27.8 Å². The van der Waals surface area contributed by atoms with Crippen LogP contribution in [0.4, 0.5) is 9.52 Å². The summed E-state index contributed by atoms with van der Waals surface area (Å²) in [5.41, 5.74) is 1.35. The SMILES string of the molecule is O=C(CSc1nnc(NC(=O)c2ccccc2)s1)NCc1ccc(F)cc1. The van der Waals surface area contributed by atoms with Crippen molar-refractivity contribution < 1.29 is 14.0 Å². The summed E-state index contributed by atoms with van der Waals surface area (Å²) >= 11 is 2.43. The highest BCUT2D eigenvalue weighted by molar-refractivity contribution is 8.01. The minimum atomic E-state index is -0.313. The molecule has 0 saturated heterocycles. The van der Waals surface area contributed by atoms with E-state index in [1.807, 2.05) is 6.07 Å². The third-order valence-corrected chi connectivity index (χ3v) is 5.36. The van der Waals surface area contributed by atoms with Crippen LogP contribution in [0.1, 0.15) is 15.9 Å². The quantitative estimate of drug-likeness (QED) is 0.468. The number of nitrogens with one attached hydrogen (secondary N) is 2. The van der Waals surface area contributed by atoms with Crippen LogP contribution in [0.3, 0.4) is 0 Å². The molecule has 0 saturated carbocycles. The second kappa shape index (κ2) is 9.24. The monoisotopic (exact) mass is 402 g/mol. The molecule has 0 unspecified atom stereocenters. The van der Waals surface area contributed by atoms with Gasteiger partial charge in [-0.05, 0) is 29.8 Å². The third-order valence-electron chi connectivity index (χ3n) is 3.39. The molecule has 2 N–H and O–H groups in total. The average Bonchev–Trinajstić information content (AvgIpc) is 3.14. The van der Waals surface area contributed by atoms with Gasteiger partial charge in [-0.1, -0.05) is 53.4 Å². The highest BCUT2D eigenvalue weighted by Crippen LogP contribution is 2.25. The van der Waals surface area contributed by atoms with Crippen LogP contribution >= 0.6 is 23.1 Å². The number of carbonyl (C=O) groups is 2. The number of rotatable bonds is 7. The maximum Gasteiger partial charge on any atom is 0.257 e. The minimum absolute atomic E-state index is 0.169. The molecule has 6 nitrogen and oxygen atoms in total. The average molecular weight is 402 g/mol. The largest absolute Gasteiger partial charge is 0.351 e. The molecule has 0 atom stereocenters. The van der Waals surface area contributed by atoms with Crippen LogP contribution in [0, 0.1) is 5.82 Å². The zero-order valence-electron chi connectivity index (χ0n) is 14.0. The summed E-state index contributed by atoms with van der Waals surface area (Å²) in [5.74, 6) is -0.579. The fourth-order valence-electron chi connectivity index (χ4n) is 2.06. The molecule has 0 aliphatic rings. The van der Waals surface area contributed by atoms with Gasteiger partial charge in [-0.3, -0.25) is 14.9 Å². The number of nitrogens with zero attached hydrogens (tertiary/aromatic N) is 2. The topological polar surface area (TPSA) is 84.0 Å². The highest BCUT2D eigenvalue weighted by Gasteiger charge is 2.11. The Morgan fingerprint density at radius 2 is 1.78 bits per heavy atom. The lowest BCUT2D eigenvalue weighted by molar-refractivity contribution is -0.118. The van der Waals surface area contributed by atoms with Crippen molar-refractivity contribution in [3.05, 3.63) is 71.5 Å². The highest BCUT2D eigenvalue weighted by atomic mass is 32.2. The van der Waals surface area contributed by atoms with Gasteiger partial charge in [0.1, 0.15) is 5.82 Å². The molecule has 1 heterocycles. The first-order valence-electron chi connectivity index (χ1n) is 7.94. The Bertz CT molecular complexity index is 917. The lowest BCUT2D eigenvalue weighted by Crippen LogP contribution is -2.24. The molecule has 0 radical (unpaired) electrons. The maximum atomic E-state index is 12.8. The van der Waals surface area contributed by atoms with Crippen molar-refractivity contribution >= 4 is 40.0 Å². The molecule has 138 valence electrons. The zero-order chi connectivity index (χ0) is 19.1. The molecular formula is C18H15FN4O2S2. The molecule has 0 bridgehead atoms. The number of hydrogen-bond donors (Lipinski definition) is 2. The third kappa shape index (κ3) is 5.87. The van der Waals surface area contributed by atoms with E-state index in [0.29, 0.717) is 21.6 Å². The van der Waals surface area contributed by atoms with Crippen molar-refractivity contribution in [1.82, 2.24) is 15.5 Å². The van der Waals surface area contributed by atoms with Crippen LogP contribution in [0.5, 0.6) is 0 Å². The van der Waals surface area contributed by atoms with E-state index in [2.05, 4.69) is 20.8 Å². The molecule has 3 rings (SSSR count). The Morgan fingerprint density at radius 1 is 1.04 bits per heavy atom. The van der Waals surface area contributed by atoms with E-state index in [0.717, 1.165) is 5.56 Å².